The molecule has 0 amide bonds. The second kappa shape index (κ2) is 7.27. The number of aliphatic carboxylic acids is 1. The molecule has 0 aromatic rings. The number of hydrogen-bond donors (Lipinski definition) is 2. The number of aliphatic hydroxyl groups excluding tert-OH is 2. The van der Waals surface area contributed by atoms with E-state index in [1.165, 1.54) is 25.7 Å². The van der Waals surface area contributed by atoms with Crippen LogP contribution >= 0.6 is 0 Å². The number of hydrogen-bond acceptors (Lipinski definition) is 4. The molecule has 4 aliphatic rings. The van der Waals surface area contributed by atoms with Gasteiger partial charge in [0.15, 0.2) is 0 Å². The van der Waals surface area contributed by atoms with E-state index in [2.05, 4.69) is 20.8 Å². The Labute approximate surface area is 170 Å². The quantitative estimate of drug-likeness (QED) is 0.771. The van der Waals surface area contributed by atoms with Crippen molar-refractivity contribution in [2.24, 2.45) is 46.3 Å². The molecular weight excluding hydrogens is 352 g/mol. The van der Waals surface area contributed by atoms with E-state index in [4.69, 9.17) is 0 Å². The van der Waals surface area contributed by atoms with Crippen molar-refractivity contribution in [2.45, 2.75) is 97.2 Å². The van der Waals surface area contributed by atoms with Crippen molar-refractivity contribution in [1.82, 2.24) is 0 Å². The van der Waals surface area contributed by atoms with Gasteiger partial charge in [0.1, 0.15) is 0 Å². The van der Waals surface area contributed by atoms with Crippen LogP contribution in [0.1, 0.15) is 85.0 Å². The van der Waals surface area contributed by atoms with Crippen molar-refractivity contribution in [1.29, 1.82) is 0 Å². The van der Waals surface area contributed by atoms with Crippen molar-refractivity contribution >= 4 is 5.97 Å². The second-order valence-electron chi connectivity index (χ2n) is 11.3. The van der Waals surface area contributed by atoms with Gasteiger partial charge in [-0.2, -0.15) is 0 Å². The summed E-state index contributed by atoms with van der Waals surface area (Å²) in [4.78, 5) is 10.9. The first kappa shape index (κ1) is 20.7. The third-order valence-corrected chi connectivity index (χ3v) is 10.2. The lowest BCUT2D eigenvalue weighted by Crippen LogP contribution is -2.58. The standard InChI is InChI=1S/C24H40O4/c1-14(4-7-21(27)28)17-5-6-18-22-19(9-11-24(17,18)3)23(2)10-8-16(25)12-15(23)13-20(22)26/h14-20,22,25-26H,4-13H2,1-3H3,(H,27,28)/p-1/t14-,15?,16-,17-,18+,19+,20-,22+,23+,24-/m1/s1. The van der Waals surface area contributed by atoms with E-state index < -0.39 is 5.97 Å². The molecule has 0 aromatic carbocycles. The van der Waals surface area contributed by atoms with Crippen LogP contribution in [0.15, 0.2) is 0 Å². The van der Waals surface area contributed by atoms with Crippen LogP contribution in [0.3, 0.4) is 0 Å². The van der Waals surface area contributed by atoms with Crippen molar-refractivity contribution in [2.75, 3.05) is 0 Å². The van der Waals surface area contributed by atoms with E-state index in [0.29, 0.717) is 41.9 Å². The first-order valence-corrected chi connectivity index (χ1v) is 11.7. The smallest absolute Gasteiger partial charge is 0.0577 e. The summed E-state index contributed by atoms with van der Waals surface area (Å²) in [6.07, 6.45) is 8.91. The van der Waals surface area contributed by atoms with Gasteiger partial charge in [-0.1, -0.05) is 20.8 Å². The number of aliphatic hydroxyl groups is 2. The minimum atomic E-state index is -0.934. The molecule has 0 heterocycles. The summed E-state index contributed by atoms with van der Waals surface area (Å²) in [5.74, 6) is 1.99. The summed E-state index contributed by atoms with van der Waals surface area (Å²) >= 11 is 0. The summed E-state index contributed by atoms with van der Waals surface area (Å²) in [5, 5.41) is 32.4. The molecule has 4 aliphatic carbocycles. The number of carbonyl (C=O) groups is 1. The Morgan fingerprint density at radius 2 is 1.71 bits per heavy atom. The van der Waals surface area contributed by atoms with Gasteiger partial charge < -0.3 is 20.1 Å². The molecule has 28 heavy (non-hydrogen) atoms. The fraction of sp³-hybridized carbons (Fsp3) is 0.958. The molecule has 4 saturated carbocycles. The fourth-order valence-electron chi connectivity index (χ4n) is 8.72. The number of carboxylic acids is 1. The Balaban J connectivity index is 1.55. The van der Waals surface area contributed by atoms with Gasteiger partial charge in [-0.05, 0) is 111 Å². The van der Waals surface area contributed by atoms with Gasteiger partial charge in [0.05, 0.1) is 12.2 Å². The second-order valence-corrected chi connectivity index (χ2v) is 11.3. The van der Waals surface area contributed by atoms with Gasteiger partial charge >= 0.3 is 0 Å². The van der Waals surface area contributed by atoms with Crippen LogP contribution in [-0.4, -0.2) is 28.4 Å². The van der Waals surface area contributed by atoms with E-state index in [9.17, 15) is 20.1 Å². The molecule has 4 fully saturated rings. The summed E-state index contributed by atoms with van der Waals surface area (Å²) in [6, 6.07) is 0. The molecule has 10 atom stereocenters. The largest absolute Gasteiger partial charge is 0.550 e. The molecule has 0 bridgehead atoms. The minimum absolute atomic E-state index is 0.162. The van der Waals surface area contributed by atoms with Crippen LogP contribution in [0.25, 0.3) is 0 Å². The molecule has 4 heteroatoms. The van der Waals surface area contributed by atoms with Crippen LogP contribution < -0.4 is 5.11 Å². The van der Waals surface area contributed by atoms with Crippen LogP contribution in [0.4, 0.5) is 0 Å². The molecule has 4 nitrogen and oxygen atoms in total. The lowest BCUT2D eigenvalue weighted by Gasteiger charge is -2.62. The molecule has 0 aliphatic heterocycles. The average molecular weight is 392 g/mol. The van der Waals surface area contributed by atoms with Crippen LogP contribution in [-0.2, 0) is 4.79 Å². The molecule has 1 unspecified atom stereocenters. The maximum absolute atomic E-state index is 11.2. The number of carbonyl (C=O) groups excluding carboxylic acids is 1. The average Bonchev–Trinajstić information content (AvgIpc) is 2.98. The highest BCUT2D eigenvalue weighted by atomic mass is 16.4. The van der Waals surface area contributed by atoms with Gasteiger partial charge in [-0.15, -0.1) is 0 Å². The van der Waals surface area contributed by atoms with Crippen molar-refractivity contribution in [3.63, 3.8) is 0 Å². The summed E-state index contributed by atoms with van der Waals surface area (Å²) in [6.45, 7) is 7.11. The Kier molecular flexibility index (Phi) is 5.36. The number of fused-ring (bicyclic) bond motifs is 5. The normalized spacial score (nSPS) is 51.7. The molecule has 0 radical (unpaired) electrons. The Morgan fingerprint density at radius 3 is 2.43 bits per heavy atom. The molecule has 0 spiro atoms. The molecule has 0 saturated heterocycles. The molecular formula is C24H39O4-. The Morgan fingerprint density at radius 1 is 1.04 bits per heavy atom. The zero-order chi connectivity index (χ0) is 20.3. The van der Waals surface area contributed by atoms with Gasteiger partial charge in [-0.25, -0.2) is 0 Å². The minimum Gasteiger partial charge on any atom is -0.550 e. The first-order chi connectivity index (χ1) is 13.2. The maximum atomic E-state index is 11.2. The van der Waals surface area contributed by atoms with E-state index in [-0.39, 0.29) is 29.5 Å². The molecule has 160 valence electrons. The SMILES string of the molecule is C[C@H](CCC(=O)[O-])[C@H]1CC[C@H]2[C@@H]3[C@H](O)CC4C[C@H](O)CC[C@]4(C)[C@H]3CC[C@]12C. The first-order valence-electron chi connectivity index (χ1n) is 11.7. The summed E-state index contributed by atoms with van der Waals surface area (Å²) in [7, 11) is 0. The molecule has 4 rings (SSSR count). The molecule has 2 N–H and O–H groups in total. The van der Waals surface area contributed by atoms with Gasteiger partial charge in [0, 0.05) is 5.97 Å². The lowest BCUT2D eigenvalue weighted by atomic mass is 9.43. The van der Waals surface area contributed by atoms with E-state index in [0.717, 1.165) is 25.7 Å². The van der Waals surface area contributed by atoms with Gasteiger partial charge in [-0.3, -0.25) is 0 Å². The van der Waals surface area contributed by atoms with Crippen LogP contribution in [0.5, 0.6) is 0 Å². The third-order valence-electron chi connectivity index (χ3n) is 10.2. The Bertz CT molecular complexity index is 605. The fourth-order valence-corrected chi connectivity index (χ4v) is 8.72. The maximum Gasteiger partial charge on any atom is 0.0577 e. The Hall–Kier alpha value is -0.610. The summed E-state index contributed by atoms with van der Waals surface area (Å²) in [5.41, 5.74) is 0.494. The number of rotatable bonds is 4. The van der Waals surface area contributed by atoms with Crippen LogP contribution in [0, 0.1) is 46.3 Å². The van der Waals surface area contributed by atoms with E-state index in [1.54, 1.807) is 0 Å². The van der Waals surface area contributed by atoms with Gasteiger partial charge in [0.2, 0.25) is 0 Å². The summed E-state index contributed by atoms with van der Waals surface area (Å²) < 4.78 is 0. The monoisotopic (exact) mass is 391 g/mol. The predicted octanol–water partition coefficient (Wildman–Crippen LogP) is 3.14. The predicted molar refractivity (Wildman–Crippen MR) is 106 cm³/mol. The van der Waals surface area contributed by atoms with E-state index >= 15 is 0 Å². The zero-order valence-electron chi connectivity index (χ0n) is 17.9. The lowest BCUT2D eigenvalue weighted by molar-refractivity contribution is -0.306. The number of carboxylic acid groups (broad SMARTS) is 1. The van der Waals surface area contributed by atoms with Crippen LogP contribution in [0.2, 0.25) is 0 Å². The van der Waals surface area contributed by atoms with Gasteiger partial charge in [0.25, 0.3) is 0 Å². The molecule has 0 aromatic heterocycles. The third kappa shape index (κ3) is 3.14. The van der Waals surface area contributed by atoms with Crippen molar-refractivity contribution in [3.8, 4) is 0 Å². The van der Waals surface area contributed by atoms with E-state index in [1.807, 2.05) is 0 Å². The highest BCUT2D eigenvalue weighted by Gasteiger charge is 2.62. The highest BCUT2D eigenvalue weighted by molar-refractivity contribution is 5.64. The van der Waals surface area contributed by atoms with Crippen molar-refractivity contribution in [3.05, 3.63) is 0 Å². The zero-order valence-corrected chi connectivity index (χ0v) is 17.9. The topological polar surface area (TPSA) is 80.6 Å². The highest BCUT2D eigenvalue weighted by Crippen LogP contribution is 2.68. The van der Waals surface area contributed by atoms with Crippen molar-refractivity contribution < 1.29 is 20.1 Å².